The van der Waals surface area contributed by atoms with E-state index in [-0.39, 0.29) is 11.7 Å². The van der Waals surface area contributed by atoms with Crippen molar-refractivity contribution in [2.45, 2.75) is 59.9 Å². The highest BCUT2D eigenvalue weighted by molar-refractivity contribution is 5.91. The molecular formula is C31H42N2O3. The number of piperazine rings is 1. The van der Waals surface area contributed by atoms with Crippen LogP contribution in [0, 0.1) is 12.8 Å². The Morgan fingerprint density at radius 2 is 1.72 bits per heavy atom. The van der Waals surface area contributed by atoms with Gasteiger partial charge in [-0.2, -0.15) is 0 Å². The number of aryl methyl sites for hydroxylation is 1. The minimum Gasteiger partial charge on any atom is -0.508 e. The molecule has 2 aromatic carbocycles. The first-order chi connectivity index (χ1) is 17.4. The van der Waals surface area contributed by atoms with Gasteiger partial charge >= 0.3 is 0 Å². The number of carbonyl (C=O) groups is 1. The highest BCUT2D eigenvalue weighted by Crippen LogP contribution is 2.21. The second-order valence-electron chi connectivity index (χ2n) is 10.1. The monoisotopic (exact) mass is 490 g/mol. The fourth-order valence-electron chi connectivity index (χ4n) is 4.34. The lowest BCUT2D eigenvalue weighted by molar-refractivity contribution is 0.0596. The van der Waals surface area contributed by atoms with Crippen molar-refractivity contribution in [2.24, 2.45) is 5.92 Å². The van der Waals surface area contributed by atoms with E-state index in [2.05, 4.69) is 49.9 Å². The zero-order chi connectivity index (χ0) is 25.9. The van der Waals surface area contributed by atoms with Gasteiger partial charge in [0, 0.05) is 39.1 Å². The Bertz CT molecular complexity index is 1070. The Labute approximate surface area is 216 Å². The zero-order valence-corrected chi connectivity index (χ0v) is 22.4. The molecule has 0 atom stereocenters. The average Bonchev–Trinajstić information content (AvgIpc) is 3.34. The van der Waals surface area contributed by atoms with E-state index >= 15 is 0 Å². The van der Waals surface area contributed by atoms with E-state index in [9.17, 15) is 9.90 Å². The second-order valence-corrected chi connectivity index (χ2v) is 10.1. The maximum atomic E-state index is 12.8. The van der Waals surface area contributed by atoms with Gasteiger partial charge in [0.05, 0.1) is 0 Å². The minimum atomic E-state index is -0.0526. The van der Waals surface area contributed by atoms with Crippen LogP contribution in [0.5, 0.6) is 5.75 Å². The number of phenolic OH excluding ortho intramolecular Hbond substituents is 1. The molecule has 1 amide bonds. The molecule has 1 aliphatic rings. The third-order valence-electron chi connectivity index (χ3n) is 6.61. The quantitative estimate of drug-likeness (QED) is 0.383. The Kier molecular flexibility index (Phi) is 10.6. The van der Waals surface area contributed by atoms with Crippen molar-refractivity contribution < 1.29 is 14.3 Å². The summed E-state index contributed by atoms with van der Waals surface area (Å²) in [6.45, 7) is 12.8. The number of furan rings is 1. The number of benzene rings is 2. The highest BCUT2D eigenvalue weighted by atomic mass is 16.4. The molecule has 36 heavy (non-hydrogen) atoms. The summed E-state index contributed by atoms with van der Waals surface area (Å²) in [6.07, 6.45) is 4.70. The molecule has 1 N–H and O–H groups in total. The molecule has 0 spiro atoms. The Hall–Kier alpha value is -3.05. The first-order valence-corrected chi connectivity index (χ1v) is 13.3. The summed E-state index contributed by atoms with van der Waals surface area (Å²) in [4.78, 5) is 17.1. The van der Waals surface area contributed by atoms with Crippen molar-refractivity contribution in [1.82, 2.24) is 9.80 Å². The van der Waals surface area contributed by atoms with Crippen molar-refractivity contribution >= 4 is 5.91 Å². The normalized spacial score (nSPS) is 14.0. The number of rotatable bonds is 8. The fourth-order valence-corrected chi connectivity index (χ4v) is 4.34. The first kappa shape index (κ1) is 27.5. The van der Waals surface area contributed by atoms with Gasteiger partial charge in [-0.3, -0.25) is 9.69 Å². The SMILES string of the molecule is CCCCC(C)C.Cc1ccc(O)cc1Cc1ccc(C(=O)N2CCN(Cc3ccccc3)CC2)o1. The fraction of sp³-hybridized carbons (Fsp3) is 0.452. The molecule has 5 nitrogen and oxygen atoms in total. The molecule has 0 saturated carbocycles. The largest absolute Gasteiger partial charge is 0.508 e. The number of hydrogen-bond donors (Lipinski definition) is 1. The van der Waals surface area contributed by atoms with Crippen molar-refractivity contribution in [1.29, 1.82) is 0 Å². The molecule has 194 valence electrons. The number of nitrogens with zero attached hydrogens (tertiary/aromatic N) is 2. The smallest absolute Gasteiger partial charge is 0.289 e. The molecule has 1 saturated heterocycles. The first-order valence-electron chi connectivity index (χ1n) is 13.3. The van der Waals surface area contributed by atoms with Gasteiger partial charge < -0.3 is 14.4 Å². The molecule has 0 unspecified atom stereocenters. The molecule has 5 heteroatoms. The Balaban J connectivity index is 0.000000454. The number of aromatic hydroxyl groups is 1. The van der Waals surface area contributed by atoms with Crippen LogP contribution in [0.2, 0.25) is 0 Å². The van der Waals surface area contributed by atoms with Gasteiger partial charge in [-0.25, -0.2) is 0 Å². The van der Waals surface area contributed by atoms with Gasteiger partial charge in [0.15, 0.2) is 5.76 Å². The number of phenols is 1. The minimum absolute atomic E-state index is 0.0526. The van der Waals surface area contributed by atoms with Crippen LogP contribution in [0.15, 0.2) is 65.1 Å². The van der Waals surface area contributed by atoms with E-state index < -0.39 is 0 Å². The van der Waals surface area contributed by atoms with Crippen LogP contribution in [0.3, 0.4) is 0 Å². The lowest BCUT2D eigenvalue weighted by atomic mass is 10.0. The Morgan fingerprint density at radius 3 is 2.36 bits per heavy atom. The lowest BCUT2D eigenvalue weighted by Crippen LogP contribution is -2.48. The van der Waals surface area contributed by atoms with E-state index in [4.69, 9.17) is 4.42 Å². The summed E-state index contributed by atoms with van der Waals surface area (Å²) in [5.41, 5.74) is 3.37. The van der Waals surface area contributed by atoms with Crippen LogP contribution in [0.1, 0.15) is 73.0 Å². The molecular weight excluding hydrogens is 448 g/mol. The van der Waals surface area contributed by atoms with Crippen LogP contribution in [0.25, 0.3) is 0 Å². The van der Waals surface area contributed by atoms with Gasteiger partial charge in [0.25, 0.3) is 5.91 Å². The molecule has 1 aliphatic heterocycles. The van der Waals surface area contributed by atoms with E-state index in [0.29, 0.717) is 25.3 Å². The molecule has 1 fully saturated rings. The summed E-state index contributed by atoms with van der Waals surface area (Å²) < 4.78 is 5.83. The lowest BCUT2D eigenvalue weighted by Gasteiger charge is -2.34. The molecule has 0 radical (unpaired) electrons. The van der Waals surface area contributed by atoms with Gasteiger partial charge in [-0.05, 0) is 53.8 Å². The molecule has 3 aromatic rings. The van der Waals surface area contributed by atoms with Crippen molar-refractivity contribution in [3.63, 3.8) is 0 Å². The number of amides is 1. The molecule has 0 aliphatic carbocycles. The predicted molar refractivity (Wildman–Crippen MR) is 146 cm³/mol. The van der Waals surface area contributed by atoms with E-state index in [1.165, 1.54) is 24.8 Å². The maximum Gasteiger partial charge on any atom is 0.289 e. The van der Waals surface area contributed by atoms with Crippen LogP contribution in [-0.2, 0) is 13.0 Å². The van der Waals surface area contributed by atoms with Crippen molar-refractivity contribution in [3.05, 3.63) is 88.9 Å². The van der Waals surface area contributed by atoms with E-state index in [0.717, 1.165) is 42.4 Å². The predicted octanol–water partition coefficient (Wildman–Crippen LogP) is 6.68. The number of hydrogen-bond acceptors (Lipinski definition) is 4. The highest BCUT2D eigenvalue weighted by Gasteiger charge is 2.24. The standard InChI is InChI=1S/C24H26N2O3.C7H16/c1-18-7-8-21(27)15-20(18)16-22-9-10-23(29-22)24(28)26-13-11-25(12-14-26)17-19-5-3-2-4-6-19;1-4-5-6-7(2)3/h2-10,15,27H,11-14,16-17H2,1H3;7H,4-6H2,1-3H3. The second kappa shape index (κ2) is 13.9. The molecule has 0 bridgehead atoms. The summed E-state index contributed by atoms with van der Waals surface area (Å²) in [7, 11) is 0. The van der Waals surface area contributed by atoms with Gasteiger partial charge in [0.2, 0.25) is 0 Å². The topological polar surface area (TPSA) is 56.9 Å². The third kappa shape index (κ3) is 8.56. The number of carbonyl (C=O) groups excluding carboxylic acids is 1. The van der Waals surface area contributed by atoms with E-state index in [1.54, 1.807) is 18.2 Å². The van der Waals surface area contributed by atoms with E-state index in [1.807, 2.05) is 30.0 Å². The van der Waals surface area contributed by atoms with Crippen molar-refractivity contribution in [3.8, 4) is 5.75 Å². The van der Waals surface area contributed by atoms with Crippen molar-refractivity contribution in [2.75, 3.05) is 26.2 Å². The maximum absolute atomic E-state index is 12.8. The molecule has 2 heterocycles. The van der Waals surface area contributed by atoms with Crippen LogP contribution in [-0.4, -0.2) is 47.0 Å². The summed E-state index contributed by atoms with van der Waals surface area (Å²) in [5, 5.41) is 9.70. The van der Waals surface area contributed by atoms with Crippen LogP contribution in [0.4, 0.5) is 0 Å². The van der Waals surface area contributed by atoms with Gasteiger partial charge in [-0.1, -0.05) is 76.4 Å². The summed E-state index contributed by atoms with van der Waals surface area (Å²) >= 11 is 0. The van der Waals surface area contributed by atoms with Gasteiger partial charge in [-0.15, -0.1) is 0 Å². The Morgan fingerprint density at radius 1 is 1.00 bits per heavy atom. The summed E-state index contributed by atoms with van der Waals surface area (Å²) in [5.74, 6) is 2.20. The number of unbranched alkanes of at least 4 members (excludes halogenated alkanes) is 1. The summed E-state index contributed by atoms with van der Waals surface area (Å²) in [6, 6.07) is 19.3. The average molecular weight is 491 g/mol. The molecule has 1 aromatic heterocycles. The van der Waals surface area contributed by atoms with Gasteiger partial charge in [0.1, 0.15) is 11.5 Å². The zero-order valence-electron chi connectivity index (χ0n) is 22.4. The van der Waals surface area contributed by atoms with Crippen LogP contribution >= 0.6 is 0 Å². The third-order valence-corrected chi connectivity index (χ3v) is 6.61. The molecule has 4 rings (SSSR count). The van der Waals surface area contributed by atoms with Crippen LogP contribution < -0.4 is 0 Å².